The molecule has 2 aromatic carbocycles. The van der Waals surface area contributed by atoms with Crippen molar-refractivity contribution in [2.75, 3.05) is 7.11 Å². The standard InChI is InChI=1S/C17H14BrN3O3/c1-24-15(10-5-3-2-4-6-10)17(23)21-20-14-12-9-11(18)7-8-13(12)19-16(14)22/h2-9,15,19,22H,1H3. The molecular formula is C17H14BrN3O3. The summed E-state index contributed by atoms with van der Waals surface area (Å²) in [5.74, 6) is -0.694. The van der Waals surface area contributed by atoms with E-state index < -0.39 is 12.0 Å². The van der Waals surface area contributed by atoms with Crippen LogP contribution >= 0.6 is 15.9 Å². The van der Waals surface area contributed by atoms with E-state index in [9.17, 15) is 9.90 Å². The van der Waals surface area contributed by atoms with Gasteiger partial charge in [0.2, 0.25) is 5.88 Å². The molecule has 24 heavy (non-hydrogen) atoms. The van der Waals surface area contributed by atoms with Gasteiger partial charge in [-0.1, -0.05) is 46.3 Å². The highest BCUT2D eigenvalue weighted by atomic mass is 79.9. The van der Waals surface area contributed by atoms with Gasteiger partial charge >= 0.3 is 0 Å². The fourth-order valence-corrected chi connectivity index (χ4v) is 2.76. The summed E-state index contributed by atoms with van der Waals surface area (Å²) in [6.45, 7) is 0. The zero-order chi connectivity index (χ0) is 17.1. The predicted octanol–water partition coefficient (Wildman–Crippen LogP) is 4.63. The zero-order valence-corrected chi connectivity index (χ0v) is 14.3. The van der Waals surface area contributed by atoms with E-state index in [1.54, 1.807) is 24.3 Å². The van der Waals surface area contributed by atoms with Gasteiger partial charge in [0.05, 0.1) is 5.52 Å². The first-order valence-electron chi connectivity index (χ1n) is 7.13. The molecule has 0 saturated heterocycles. The molecule has 2 N–H and O–H groups in total. The van der Waals surface area contributed by atoms with Crippen LogP contribution in [0.15, 0.2) is 63.2 Å². The third kappa shape index (κ3) is 3.22. The Morgan fingerprint density at radius 2 is 2.00 bits per heavy atom. The highest BCUT2D eigenvalue weighted by molar-refractivity contribution is 9.10. The number of azo groups is 1. The summed E-state index contributed by atoms with van der Waals surface area (Å²) in [5.41, 5.74) is 1.60. The summed E-state index contributed by atoms with van der Waals surface area (Å²) >= 11 is 3.37. The van der Waals surface area contributed by atoms with Crippen LogP contribution in [0.3, 0.4) is 0 Å². The van der Waals surface area contributed by atoms with Crippen LogP contribution in [0.1, 0.15) is 11.7 Å². The Morgan fingerprint density at radius 3 is 2.71 bits per heavy atom. The first-order valence-corrected chi connectivity index (χ1v) is 7.93. The number of methoxy groups -OCH3 is 1. The molecule has 0 radical (unpaired) electrons. The second kappa shape index (κ2) is 6.94. The van der Waals surface area contributed by atoms with E-state index in [1.807, 2.05) is 24.3 Å². The molecule has 1 atom stereocenters. The highest BCUT2D eigenvalue weighted by Gasteiger charge is 2.20. The lowest BCUT2D eigenvalue weighted by atomic mass is 10.1. The number of amides is 1. The number of aromatic hydroxyl groups is 1. The van der Waals surface area contributed by atoms with E-state index >= 15 is 0 Å². The Morgan fingerprint density at radius 1 is 1.25 bits per heavy atom. The molecule has 122 valence electrons. The minimum atomic E-state index is -0.839. The molecule has 0 aliphatic heterocycles. The maximum Gasteiger partial charge on any atom is 0.297 e. The predicted molar refractivity (Wildman–Crippen MR) is 93.4 cm³/mol. The van der Waals surface area contributed by atoms with Gasteiger partial charge in [0.25, 0.3) is 5.91 Å². The number of rotatable bonds is 4. The van der Waals surface area contributed by atoms with E-state index in [1.165, 1.54) is 7.11 Å². The number of fused-ring (bicyclic) bond motifs is 1. The molecule has 0 fully saturated rings. The number of carbonyl (C=O) groups excluding carboxylic acids is 1. The monoisotopic (exact) mass is 387 g/mol. The van der Waals surface area contributed by atoms with Gasteiger partial charge in [0.1, 0.15) is 0 Å². The number of aromatic nitrogens is 1. The van der Waals surface area contributed by atoms with Crippen LogP contribution < -0.4 is 0 Å². The second-order valence-electron chi connectivity index (χ2n) is 5.08. The molecule has 0 spiro atoms. The average Bonchev–Trinajstić information content (AvgIpc) is 2.89. The third-order valence-corrected chi connectivity index (χ3v) is 4.02. The highest BCUT2D eigenvalue weighted by Crippen LogP contribution is 2.37. The number of aromatic amines is 1. The molecule has 0 aliphatic rings. The van der Waals surface area contributed by atoms with Crippen molar-refractivity contribution in [2.24, 2.45) is 10.2 Å². The fraction of sp³-hybridized carbons (Fsp3) is 0.118. The van der Waals surface area contributed by atoms with E-state index in [-0.39, 0.29) is 11.6 Å². The summed E-state index contributed by atoms with van der Waals surface area (Å²) in [6, 6.07) is 14.5. The van der Waals surface area contributed by atoms with Crippen LogP contribution in [-0.2, 0) is 9.53 Å². The molecule has 0 saturated carbocycles. The van der Waals surface area contributed by atoms with Gasteiger partial charge < -0.3 is 14.8 Å². The average molecular weight is 388 g/mol. The molecule has 1 aromatic heterocycles. The first-order chi connectivity index (χ1) is 11.6. The molecule has 0 aliphatic carbocycles. The van der Waals surface area contributed by atoms with Crippen LogP contribution in [0.2, 0.25) is 0 Å². The number of nitrogens with one attached hydrogen (secondary N) is 1. The molecular weight excluding hydrogens is 374 g/mol. The van der Waals surface area contributed by atoms with Crippen LogP contribution in [0.4, 0.5) is 5.69 Å². The summed E-state index contributed by atoms with van der Waals surface area (Å²) < 4.78 is 6.05. The fourth-order valence-electron chi connectivity index (χ4n) is 2.40. The molecule has 1 heterocycles. The van der Waals surface area contributed by atoms with Gasteiger partial charge in [0, 0.05) is 17.0 Å². The van der Waals surface area contributed by atoms with Crippen LogP contribution in [-0.4, -0.2) is 23.1 Å². The second-order valence-corrected chi connectivity index (χ2v) is 5.99. The number of hydrogen-bond acceptors (Lipinski definition) is 4. The topological polar surface area (TPSA) is 87.0 Å². The normalized spacial score (nSPS) is 12.8. The number of hydrogen-bond donors (Lipinski definition) is 2. The van der Waals surface area contributed by atoms with Gasteiger partial charge in [-0.05, 0) is 23.8 Å². The Kier molecular flexibility index (Phi) is 4.73. The molecule has 3 rings (SSSR count). The van der Waals surface area contributed by atoms with Crippen molar-refractivity contribution in [3.05, 3.63) is 58.6 Å². The first kappa shape index (κ1) is 16.4. The third-order valence-electron chi connectivity index (χ3n) is 3.52. The summed E-state index contributed by atoms with van der Waals surface area (Å²) in [7, 11) is 1.44. The number of carbonyl (C=O) groups is 1. The molecule has 6 nitrogen and oxygen atoms in total. The van der Waals surface area contributed by atoms with Crippen molar-refractivity contribution in [1.29, 1.82) is 0 Å². The number of halogens is 1. The molecule has 0 bridgehead atoms. The van der Waals surface area contributed by atoms with Crippen LogP contribution in [0, 0.1) is 0 Å². The minimum Gasteiger partial charge on any atom is -0.493 e. The van der Waals surface area contributed by atoms with Gasteiger partial charge in [-0.3, -0.25) is 4.79 Å². The number of ether oxygens (including phenoxy) is 1. The van der Waals surface area contributed by atoms with E-state index in [0.29, 0.717) is 16.5 Å². The largest absolute Gasteiger partial charge is 0.493 e. The summed E-state index contributed by atoms with van der Waals surface area (Å²) in [5, 5.41) is 18.3. The van der Waals surface area contributed by atoms with Gasteiger partial charge in [-0.25, -0.2) is 0 Å². The van der Waals surface area contributed by atoms with Crippen LogP contribution in [0.25, 0.3) is 10.9 Å². The van der Waals surface area contributed by atoms with Gasteiger partial charge in [-0.15, -0.1) is 10.2 Å². The smallest absolute Gasteiger partial charge is 0.297 e. The molecule has 3 aromatic rings. The van der Waals surface area contributed by atoms with E-state index in [4.69, 9.17) is 4.74 Å². The van der Waals surface area contributed by atoms with Gasteiger partial charge in [0.15, 0.2) is 11.8 Å². The van der Waals surface area contributed by atoms with Crippen molar-refractivity contribution in [2.45, 2.75) is 6.10 Å². The number of benzene rings is 2. The van der Waals surface area contributed by atoms with Crippen molar-refractivity contribution in [3.63, 3.8) is 0 Å². The van der Waals surface area contributed by atoms with Crippen molar-refractivity contribution in [3.8, 4) is 5.88 Å². The van der Waals surface area contributed by atoms with Gasteiger partial charge in [-0.2, -0.15) is 0 Å². The lowest BCUT2D eigenvalue weighted by Crippen LogP contribution is -2.11. The Bertz CT molecular complexity index is 906. The zero-order valence-electron chi connectivity index (χ0n) is 12.7. The molecule has 7 heteroatoms. The number of nitrogens with zero attached hydrogens (tertiary/aromatic N) is 2. The van der Waals surface area contributed by atoms with Crippen molar-refractivity contribution < 1.29 is 14.6 Å². The molecule has 1 unspecified atom stereocenters. The maximum absolute atomic E-state index is 12.3. The summed E-state index contributed by atoms with van der Waals surface area (Å²) in [6.07, 6.45) is -0.839. The number of H-pyrrole nitrogens is 1. The Labute approximate surface area is 146 Å². The quantitative estimate of drug-likeness (QED) is 0.639. The van der Waals surface area contributed by atoms with Crippen molar-refractivity contribution in [1.82, 2.24) is 4.98 Å². The molecule has 1 amide bonds. The van der Waals surface area contributed by atoms with E-state index in [2.05, 4.69) is 31.1 Å². The van der Waals surface area contributed by atoms with Crippen LogP contribution in [0.5, 0.6) is 5.88 Å². The Hall–Kier alpha value is -2.51. The lowest BCUT2D eigenvalue weighted by Gasteiger charge is -2.10. The van der Waals surface area contributed by atoms with Crippen molar-refractivity contribution >= 4 is 38.4 Å². The summed E-state index contributed by atoms with van der Waals surface area (Å²) in [4.78, 5) is 15.1. The lowest BCUT2D eigenvalue weighted by molar-refractivity contribution is -0.128. The minimum absolute atomic E-state index is 0.145. The van der Waals surface area contributed by atoms with E-state index in [0.717, 1.165) is 4.47 Å². The SMILES string of the molecule is COC(C(=O)N=Nc1c(O)[nH]c2ccc(Br)cc12)c1ccccc1. The Balaban J connectivity index is 1.91. The maximum atomic E-state index is 12.3.